The third-order valence-electron chi connectivity index (χ3n) is 6.45. The number of allylic oxidation sites excluding steroid dienone is 4. The Morgan fingerprint density at radius 1 is 1.35 bits per heavy atom. The molecule has 144 valence electrons. The van der Waals surface area contributed by atoms with Gasteiger partial charge in [0.15, 0.2) is 5.78 Å². The molecule has 3 rings (SSSR count). The highest BCUT2D eigenvalue weighted by Crippen LogP contribution is 2.54. The summed E-state index contributed by atoms with van der Waals surface area (Å²) in [4.78, 5) is 12.8. The molecule has 1 aliphatic heterocycles. The van der Waals surface area contributed by atoms with E-state index in [-0.39, 0.29) is 17.3 Å². The zero-order valence-electron chi connectivity index (χ0n) is 16.7. The highest BCUT2D eigenvalue weighted by atomic mass is 16.5. The lowest BCUT2D eigenvalue weighted by molar-refractivity contribution is -0.135. The number of methoxy groups -OCH3 is 1. The zero-order chi connectivity index (χ0) is 19.1. The highest BCUT2D eigenvalue weighted by molar-refractivity contribution is 6.00. The maximum Gasteiger partial charge on any atom is 0.191 e. The maximum absolute atomic E-state index is 12.8. The van der Waals surface area contributed by atoms with E-state index in [1.165, 1.54) is 18.3 Å². The van der Waals surface area contributed by atoms with Gasteiger partial charge in [-0.1, -0.05) is 23.3 Å². The highest BCUT2D eigenvalue weighted by Gasteiger charge is 2.54. The van der Waals surface area contributed by atoms with Crippen LogP contribution < -0.4 is 0 Å². The molecule has 2 aliphatic carbocycles. The average Bonchev–Trinajstić information content (AvgIpc) is 2.92. The summed E-state index contributed by atoms with van der Waals surface area (Å²) in [5.74, 6) is 1.20. The van der Waals surface area contributed by atoms with Crippen molar-refractivity contribution in [3.05, 3.63) is 34.6 Å². The van der Waals surface area contributed by atoms with Gasteiger partial charge in [-0.2, -0.15) is 0 Å². The number of fused-ring (bicyclic) bond motifs is 1. The Morgan fingerprint density at radius 2 is 2.08 bits per heavy atom. The van der Waals surface area contributed by atoms with Gasteiger partial charge in [-0.05, 0) is 59.3 Å². The molecule has 1 heterocycles. The van der Waals surface area contributed by atoms with Gasteiger partial charge in [0.1, 0.15) is 23.6 Å². The SMILES string of the molecule is COC1CC(O)C2=C(CC3C(/C(C)=C\CC=C(C)C)CCC3(C)O2)C1=O. The molecule has 5 unspecified atom stereocenters. The van der Waals surface area contributed by atoms with Gasteiger partial charge in [-0.25, -0.2) is 0 Å². The fourth-order valence-electron chi connectivity index (χ4n) is 4.85. The molecule has 0 radical (unpaired) electrons. The molecule has 0 aromatic carbocycles. The van der Waals surface area contributed by atoms with Crippen LogP contribution in [0.4, 0.5) is 0 Å². The van der Waals surface area contributed by atoms with Crippen molar-refractivity contribution in [2.75, 3.05) is 7.11 Å². The first-order valence-electron chi connectivity index (χ1n) is 9.74. The van der Waals surface area contributed by atoms with E-state index in [0.29, 0.717) is 30.1 Å². The largest absolute Gasteiger partial charge is 0.488 e. The van der Waals surface area contributed by atoms with Crippen molar-refractivity contribution in [1.82, 2.24) is 0 Å². The van der Waals surface area contributed by atoms with Crippen LogP contribution in [-0.2, 0) is 14.3 Å². The maximum atomic E-state index is 12.8. The second-order valence-electron chi connectivity index (χ2n) is 8.52. The Morgan fingerprint density at radius 3 is 2.73 bits per heavy atom. The smallest absolute Gasteiger partial charge is 0.191 e. The van der Waals surface area contributed by atoms with Crippen LogP contribution in [0.3, 0.4) is 0 Å². The van der Waals surface area contributed by atoms with Crippen LogP contribution in [0, 0.1) is 11.8 Å². The Bertz CT molecular complexity index is 668. The number of ketones is 1. The number of ether oxygens (including phenoxy) is 2. The monoisotopic (exact) mass is 360 g/mol. The van der Waals surface area contributed by atoms with Crippen LogP contribution in [0.1, 0.15) is 59.8 Å². The summed E-state index contributed by atoms with van der Waals surface area (Å²) in [6, 6.07) is 0. The second-order valence-corrected chi connectivity index (χ2v) is 8.52. The van der Waals surface area contributed by atoms with Crippen LogP contribution >= 0.6 is 0 Å². The summed E-state index contributed by atoms with van der Waals surface area (Å²) in [7, 11) is 1.53. The Balaban J connectivity index is 1.86. The number of rotatable bonds is 4. The number of aliphatic hydroxyl groups is 1. The Hall–Kier alpha value is -1.39. The van der Waals surface area contributed by atoms with Gasteiger partial charge in [0.2, 0.25) is 0 Å². The molecular weight excluding hydrogens is 328 g/mol. The van der Waals surface area contributed by atoms with Crippen molar-refractivity contribution < 1.29 is 19.4 Å². The topological polar surface area (TPSA) is 55.8 Å². The second kappa shape index (κ2) is 7.32. The molecule has 0 spiro atoms. The fraction of sp³-hybridized carbons (Fsp3) is 0.682. The van der Waals surface area contributed by atoms with Crippen molar-refractivity contribution in [1.29, 1.82) is 0 Å². The van der Waals surface area contributed by atoms with Gasteiger partial charge in [0.25, 0.3) is 0 Å². The minimum Gasteiger partial charge on any atom is -0.488 e. The predicted molar refractivity (Wildman–Crippen MR) is 102 cm³/mol. The molecule has 4 nitrogen and oxygen atoms in total. The van der Waals surface area contributed by atoms with E-state index in [1.54, 1.807) is 0 Å². The molecule has 1 saturated carbocycles. The number of hydrogen-bond acceptors (Lipinski definition) is 4. The number of carbonyl (C=O) groups excluding carboxylic acids is 1. The van der Waals surface area contributed by atoms with Gasteiger partial charge >= 0.3 is 0 Å². The number of Topliss-reactive ketones (excluding diaryl/α,β-unsaturated/α-hetero) is 1. The molecule has 0 amide bonds. The quantitative estimate of drug-likeness (QED) is 0.767. The lowest BCUT2D eigenvalue weighted by Gasteiger charge is -2.44. The molecule has 0 bridgehead atoms. The van der Waals surface area contributed by atoms with Gasteiger partial charge < -0.3 is 14.6 Å². The van der Waals surface area contributed by atoms with Crippen molar-refractivity contribution in [2.45, 2.75) is 77.6 Å². The van der Waals surface area contributed by atoms with Gasteiger partial charge in [0, 0.05) is 25.0 Å². The first-order valence-corrected chi connectivity index (χ1v) is 9.74. The Kier molecular flexibility index (Phi) is 5.45. The molecule has 3 aliphatic rings. The minimum absolute atomic E-state index is 0.00771. The average molecular weight is 360 g/mol. The molecular formula is C22H32O4. The summed E-state index contributed by atoms with van der Waals surface area (Å²) >= 11 is 0. The standard InChI is InChI=1S/C22H32O4/c1-13(2)7-6-8-14(3)15-9-10-22(4)17(15)11-16-20(24)19(25-5)12-18(23)21(16)26-22/h7-8,15,17-19,23H,6,9-12H2,1-5H3/b14-8-. The van der Waals surface area contributed by atoms with E-state index >= 15 is 0 Å². The third-order valence-corrected chi connectivity index (χ3v) is 6.45. The molecule has 1 fully saturated rings. The van der Waals surface area contributed by atoms with E-state index in [2.05, 4.69) is 39.8 Å². The molecule has 5 atom stereocenters. The predicted octanol–water partition coefficient (Wildman–Crippen LogP) is 4.10. The van der Waals surface area contributed by atoms with Crippen molar-refractivity contribution in [3.63, 3.8) is 0 Å². The number of hydrogen-bond donors (Lipinski definition) is 1. The van der Waals surface area contributed by atoms with Gasteiger partial charge in [0.05, 0.1) is 0 Å². The normalized spacial score (nSPS) is 37.2. The van der Waals surface area contributed by atoms with E-state index in [9.17, 15) is 9.90 Å². The summed E-state index contributed by atoms with van der Waals surface area (Å²) < 4.78 is 11.6. The Labute approximate surface area is 156 Å². The van der Waals surface area contributed by atoms with Crippen molar-refractivity contribution in [2.24, 2.45) is 11.8 Å². The number of aliphatic hydroxyl groups excluding tert-OH is 1. The number of carbonyl (C=O) groups is 1. The summed E-state index contributed by atoms with van der Waals surface area (Å²) in [5.41, 5.74) is 3.07. The molecule has 0 aromatic rings. The van der Waals surface area contributed by atoms with Crippen LogP contribution in [0.5, 0.6) is 0 Å². The molecule has 26 heavy (non-hydrogen) atoms. The summed E-state index contributed by atoms with van der Waals surface area (Å²) in [6.07, 6.45) is 7.21. The summed E-state index contributed by atoms with van der Waals surface area (Å²) in [5, 5.41) is 10.5. The van der Waals surface area contributed by atoms with E-state index < -0.39 is 12.2 Å². The van der Waals surface area contributed by atoms with E-state index in [4.69, 9.17) is 9.47 Å². The van der Waals surface area contributed by atoms with Gasteiger partial charge in [-0.3, -0.25) is 4.79 Å². The van der Waals surface area contributed by atoms with Crippen LogP contribution in [-0.4, -0.2) is 35.8 Å². The summed E-state index contributed by atoms with van der Waals surface area (Å²) in [6.45, 7) is 8.58. The van der Waals surface area contributed by atoms with E-state index in [0.717, 1.165) is 19.3 Å². The molecule has 0 saturated heterocycles. The van der Waals surface area contributed by atoms with Crippen LogP contribution in [0.15, 0.2) is 34.6 Å². The van der Waals surface area contributed by atoms with Crippen LogP contribution in [0.25, 0.3) is 0 Å². The molecule has 4 heteroatoms. The van der Waals surface area contributed by atoms with Gasteiger partial charge in [-0.15, -0.1) is 0 Å². The zero-order valence-corrected chi connectivity index (χ0v) is 16.7. The first kappa shape index (κ1) is 19.4. The van der Waals surface area contributed by atoms with Crippen molar-refractivity contribution in [3.8, 4) is 0 Å². The molecule has 0 aromatic heterocycles. The van der Waals surface area contributed by atoms with Crippen LogP contribution in [0.2, 0.25) is 0 Å². The first-order chi connectivity index (χ1) is 12.3. The minimum atomic E-state index is -0.737. The third kappa shape index (κ3) is 3.41. The van der Waals surface area contributed by atoms with Crippen molar-refractivity contribution >= 4 is 5.78 Å². The lowest BCUT2D eigenvalue weighted by Crippen LogP contribution is -2.47. The van der Waals surface area contributed by atoms with E-state index in [1.807, 2.05) is 0 Å². The fourth-order valence-corrected chi connectivity index (χ4v) is 4.85. The molecule has 1 N–H and O–H groups in total. The lowest BCUT2D eigenvalue weighted by atomic mass is 9.73.